The Kier molecular flexibility index (Phi) is 6.27. The van der Waals surface area contributed by atoms with Gasteiger partial charge in [0.05, 0.1) is 13.4 Å². The Bertz CT molecular complexity index is 1230. The molecule has 1 fully saturated rings. The summed E-state index contributed by atoms with van der Waals surface area (Å²) in [5, 5.41) is 0.981. The highest BCUT2D eigenvalue weighted by Crippen LogP contribution is 2.40. The van der Waals surface area contributed by atoms with E-state index in [9.17, 15) is 9.59 Å². The van der Waals surface area contributed by atoms with E-state index in [1.165, 1.54) is 5.56 Å². The van der Waals surface area contributed by atoms with E-state index in [0.29, 0.717) is 31.7 Å². The predicted molar refractivity (Wildman–Crippen MR) is 130 cm³/mol. The average molecular weight is 447 g/mol. The van der Waals surface area contributed by atoms with Gasteiger partial charge in [0.2, 0.25) is 11.8 Å². The van der Waals surface area contributed by atoms with Crippen LogP contribution in [-0.4, -0.2) is 36.9 Å². The number of ether oxygens (including phenoxy) is 1. The number of fused-ring (bicyclic) bond motifs is 1. The third kappa shape index (κ3) is 4.38. The van der Waals surface area contributed by atoms with Crippen LogP contribution in [0.15, 0.2) is 47.1 Å². The van der Waals surface area contributed by atoms with Gasteiger partial charge in [-0.2, -0.15) is 0 Å². The molecule has 1 aliphatic rings. The van der Waals surface area contributed by atoms with Gasteiger partial charge in [0, 0.05) is 47.2 Å². The van der Waals surface area contributed by atoms with Crippen molar-refractivity contribution in [1.82, 2.24) is 4.90 Å². The number of carbonyl (C=O) groups is 2. The van der Waals surface area contributed by atoms with E-state index in [2.05, 4.69) is 31.2 Å². The van der Waals surface area contributed by atoms with Crippen LogP contribution in [0.5, 0.6) is 5.75 Å². The van der Waals surface area contributed by atoms with Crippen molar-refractivity contribution >= 4 is 28.4 Å². The number of hydrogen-bond donors (Lipinski definition) is 1. The van der Waals surface area contributed by atoms with Crippen LogP contribution in [0.4, 0.5) is 0 Å². The third-order valence-corrected chi connectivity index (χ3v) is 6.58. The molecular weight excluding hydrogens is 416 g/mol. The lowest BCUT2D eigenvalue weighted by molar-refractivity contribution is -0.130. The summed E-state index contributed by atoms with van der Waals surface area (Å²) in [6.07, 6.45) is 4.65. The van der Waals surface area contributed by atoms with E-state index >= 15 is 0 Å². The number of carbonyl (C=O) groups excluding carboxylic acids is 2. The minimum atomic E-state index is -0.285. The summed E-state index contributed by atoms with van der Waals surface area (Å²) in [5.74, 6) is 0.194. The Hall–Kier alpha value is -3.54. The molecule has 0 bridgehead atoms. The van der Waals surface area contributed by atoms with E-state index < -0.39 is 0 Å². The number of nitrogens with two attached hydrogens (primary N) is 1. The number of amides is 2. The van der Waals surface area contributed by atoms with Gasteiger partial charge >= 0.3 is 0 Å². The first kappa shape index (κ1) is 22.6. The molecule has 0 unspecified atom stereocenters. The van der Waals surface area contributed by atoms with Crippen LogP contribution in [0.25, 0.3) is 27.7 Å². The first-order valence-corrected chi connectivity index (χ1v) is 11.2. The van der Waals surface area contributed by atoms with E-state index in [1.54, 1.807) is 24.3 Å². The first-order chi connectivity index (χ1) is 15.8. The summed E-state index contributed by atoms with van der Waals surface area (Å²) in [5.41, 5.74) is 12.0. The Morgan fingerprint density at radius 3 is 2.42 bits per heavy atom. The number of furan rings is 1. The fourth-order valence-electron chi connectivity index (χ4n) is 4.57. The Balaban J connectivity index is 1.70. The number of primary amides is 1. The smallest absolute Gasteiger partial charge is 0.246 e. The van der Waals surface area contributed by atoms with Crippen molar-refractivity contribution in [1.29, 1.82) is 0 Å². The number of rotatable bonds is 5. The zero-order valence-electron chi connectivity index (χ0n) is 19.6. The van der Waals surface area contributed by atoms with Crippen LogP contribution in [0.3, 0.4) is 0 Å². The molecule has 1 aromatic heterocycles. The first-order valence-electron chi connectivity index (χ1n) is 11.2. The number of nitrogens with zero attached hydrogens (tertiary/aromatic N) is 1. The number of likely N-dealkylation sites (tertiary alicyclic amines) is 1. The summed E-state index contributed by atoms with van der Waals surface area (Å²) in [6.45, 7) is 7.01. The standard InChI is InChI=1S/C27H30N2O4/c1-16-5-7-19(8-6-16)23-15-33-26-18(3)25(32-4)21(14-22(23)26)17(2)13-24(30)29-11-9-20(10-12-29)27(28)31/h5-8,13-15,20H,9-12H2,1-4H3,(H2,28,31)/b17-13+. The van der Waals surface area contributed by atoms with Crippen molar-refractivity contribution in [2.24, 2.45) is 11.7 Å². The maximum atomic E-state index is 13.0. The number of aryl methyl sites for hydroxylation is 2. The van der Waals surface area contributed by atoms with Gasteiger partial charge in [0.1, 0.15) is 11.3 Å². The van der Waals surface area contributed by atoms with E-state index in [1.807, 2.05) is 19.9 Å². The molecule has 1 aliphatic heterocycles. The fourth-order valence-corrected chi connectivity index (χ4v) is 4.57. The predicted octanol–water partition coefficient (Wildman–Crippen LogP) is 4.85. The van der Waals surface area contributed by atoms with Crippen LogP contribution >= 0.6 is 0 Å². The lowest BCUT2D eigenvalue weighted by Crippen LogP contribution is -2.41. The van der Waals surface area contributed by atoms with Gasteiger partial charge in [-0.1, -0.05) is 29.8 Å². The van der Waals surface area contributed by atoms with E-state index in [4.69, 9.17) is 14.9 Å². The number of piperidine rings is 1. The second-order valence-corrected chi connectivity index (χ2v) is 8.80. The van der Waals surface area contributed by atoms with Gasteiger partial charge in [0.15, 0.2) is 0 Å². The molecule has 2 aromatic carbocycles. The van der Waals surface area contributed by atoms with Crippen LogP contribution in [0, 0.1) is 19.8 Å². The van der Waals surface area contributed by atoms with Gasteiger partial charge in [-0.3, -0.25) is 9.59 Å². The molecule has 0 aliphatic carbocycles. The van der Waals surface area contributed by atoms with Gasteiger partial charge in [-0.15, -0.1) is 0 Å². The van der Waals surface area contributed by atoms with Crippen molar-refractivity contribution in [2.45, 2.75) is 33.6 Å². The lowest BCUT2D eigenvalue weighted by atomic mass is 9.95. The maximum Gasteiger partial charge on any atom is 0.246 e. The molecule has 2 heterocycles. The quantitative estimate of drug-likeness (QED) is 0.568. The van der Waals surface area contributed by atoms with E-state index in [-0.39, 0.29) is 17.7 Å². The van der Waals surface area contributed by atoms with Crippen LogP contribution in [-0.2, 0) is 9.59 Å². The lowest BCUT2D eigenvalue weighted by Gasteiger charge is -2.30. The van der Waals surface area contributed by atoms with Gasteiger partial charge in [-0.05, 0) is 50.8 Å². The molecule has 2 N–H and O–H groups in total. The van der Waals surface area contributed by atoms with Crippen LogP contribution < -0.4 is 10.5 Å². The molecule has 0 radical (unpaired) electrons. The van der Waals surface area contributed by atoms with Crippen LogP contribution in [0.1, 0.15) is 36.5 Å². The molecule has 172 valence electrons. The molecule has 6 nitrogen and oxygen atoms in total. The van der Waals surface area contributed by atoms with Crippen LogP contribution in [0.2, 0.25) is 0 Å². The molecule has 0 saturated carbocycles. The van der Waals surface area contributed by atoms with E-state index in [0.717, 1.165) is 38.8 Å². The van der Waals surface area contributed by atoms with Crippen molar-refractivity contribution in [3.05, 3.63) is 59.4 Å². The zero-order valence-corrected chi connectivity index (χ0v) is 19.6. The van der Waals surface area contributed by atoms with Crippen molar-refractivity contribution in [3.63, 3.8) is 0 Å². The number of hydrogen-bond acceptors (Lipinski definition) is 4. The maximum absolute atomic E-state index is 13.0. The minimum Gasteiger partial charge on any atom is -0.496 e. The summed E-state index contributed by atoms with van der Waals surface area (Å²) in [4.78, 5) is 26.1. The molecule has 3 aromatic rings. The second kappa shape index (κ2) is 9.14. The summed E-state index contributed by atoms with van der Waals surface area (Å²) in [6, 6.07) is 10.4. The zero-order chi connectivity index (χ0) is 23.7. The number of methoxy groups -OCH3 is 1. The fraction of sp³-hybridized carbons (Fsp3) is 0.333. The summed E-state index contributed by atoms with van der Waals surface area (Å²) >= 11 is 0. The highest BCUT2D eigenvalue weighted by molar-refractivity contribution is 6.01. The Labute approximate surface area is 194 Å². The average Bonchev–Trinajstić information content (AvgIpc) is 3.23. The molecule has 4 rings (SSSR count). The molecule has 6 heteroatoms. The summed E-state index contributed by atoms with van der Waals surface area (Å²) < 4.78 is 11.7. The molecule has 2 amide bonds. The highest BCUT2D eigenvalue weighted by Gasteiger charge is 2.25. The molecule has 33 heavy (non-hydrogen) atoms. The summed E-state index contributed by atoms with van der Waals surface area (Å²) in [7, 11) is 1.63. The molecule has 0 spiro atoms. The molecular formula is C27H30N2O4. The Morgan fingerprint density at radius 1 is 1.15 bits per heavy atom. The molecule has 1 saturated heterocycles. The monoisotopic (exact) mass is 446 g/mol. The number of benzene rings is 2. The largest absolute Gasteiger partial charge is 0.496 e. The third-order valence-electron chi connectivity index (χ3n) is 6.58. The highest BCUT2D eigenvalue weighted by atomic mass is 16.5. The molecule has 0 atom stereocenters. The number of allylic oxidation sites excluding steroid dienone is 1. The SMILES string of the molecule is COc1c(/C(C)=C/C(=O)N2CCC(C(N)=O)CC2)cc2c(-c3ccc(C)cc3)coc2c1C. The second-order valence-electron chi connectivity index (χ2n) is 8.80. The van der Waals surface area contributed by atoms with Crippen molar-refractivity contribution in [3.8, 4) is 16.9 Å². The van der Waals surface area contributed by atoms with Gasteiger partial charge < -0.3 is 19.8 Å². The van der Waals surface area contributed by atoms with Gasteiger partial charge in [-0.25, -0.2) is 0 Å². The van der Waals surface area contributed by atoms with Gasteiger partial charge in [0.25, 0.3) is 0 Å². The normalized spacial score (nSPS) is 15.2. The minimum absolute atomic E-state index is 0.0684. The van der Waals surface area contributed by atoms with Crippen molar-refractivity contribution < 1.29 is 18.7 Å². The van der Waals surface area contributed by atoms with Crippen molar-refractivity contribution in [2.75, 3.05) is 20.2 Å². The topological polar surface area (TPSA) is 85.8 Å². The Morgan fingerprint density at radius 2 is 1.82 bits per heavy atom.